The smallest absolute Gasteiger partial charge is 0.325 e. The number of carbonyl (C=O) groups is 3. The number of amides is 4. The molecule has 1 aromatic carbocycles. The molecule has 1 fully saturated rings. The van der Waals surface area contributed by atoms with Crippen molar-refractivity contribution in [3.8, 4) is 0 Å². The van der Waals surface area contributed by atoms with E-state index in [9.17, 15) is 14.4 Å². The largest absolute Gasteiger partial charge is 0.385 e. The van der Waals surface area contributed by atoms with Crippen LogP contribution in [0, 0.1) is 0 Å². The van der Waals surface area contributed by atoms with Crippen molar-refractivity contribution in [2.24, 2.45) is 0 Å². The Kier molecular flexibility index (Phi) is 5.56. The maximum atomic E-state index is 13.2. The van der Waals surface area contributed by atoms with Gasteiger partial charge in [0.15, 0.2) is 0 Å². The molecule has 1 heterocycles. The van der Waals surface area contributed by atoms with Gasteiger partial charge in [0.25, 0.3) is 5.91 Å². The topological polar surface area (TPSA) is 87.7 Å². The molecule has 3 rings (SSSR count). The summed E-state index contributed by atoms with van der Waals surface area (Å²) in [6.07, 6.45) is 3.95. The third-order valence-corrected chi connectivity index (χ3v) is 5.05. The van der Waals surface area contributed by atoms with Gasteiger partial charge in [-0.2, -0.15) is 0 Å². The average molecular weight is 359 g/mol. The minimum atomic E-state index is -1.04. The van der Waals surface area contributed by atoms with Gasteiger partial charge in [-0.15, -0.1) is 0 Å². The molecule has 7 heteroatoms. The summed E-state index contributed by atoms with van der Waals surface area (Å²) >= 11 is 0. The van der Waals surface area contributed by atoms with Crippen LogP contribution in [-0.2, 0) is 26.3 Å². The number of urea groups is 1. The lowest BCUT2D eigenvalue weighted by atomic mass is 9.84. The molecule has 1 unspecified atom stereocenters. The third-order valence-electron chi connectivity index (χ3n) is 5.05. The van der Waals surface area contributed by atoms with Crippen LogP contribution in [0.4, 0.5) is 4.79 Å². The fourth-order valence-electron chi connectivity index (χ4n) is 3.76. The van der Waals surface area contributed by atoms with Crippen LogP contribution in [-0.4, -0.2) is 49.6 Å². The van der Waals surface area contributed by atoms with Gasteiger partial charge in [-0.25, -0.2) is 4.79 Å². The second-order valence-electron chi connectivity index (χ2n) is 6.79. The average Bonchev–Trinajstić information content (AvgIpc) is 2.78. The summed E-state index contributed by atoms with van der Waals surface area (Å²) in [6, 6.07) is 7.25. The number of ether oxygens (including phenoxy) is 1. The molecule has 2 N–H and O–H groups in total. The highest BCUT2D eigenvalue weighted by molar-refractivity contribution is 6.09. The van der Waals surface area contributed by atoms with Crippen molar-refractivity contribution < 1.29 is 19.1 Å². The monoisotopic (exact) mass is 359 g/mol. The van der Waals surface area contributed by atoms with Crippen LogP contribution in [0.25, 0.3) is 0 Å². The number of carbonyl (C=O) groups excluding carboxylic acids is 3. The number of hydrogen-bond acceptors (Lipinski definition) is 4. The summed E-state index contributed by atoms with van der Waals surface area (Å²) in [4.78, 5) is 38.8. The molecule has 1 aliphatic carbocycles. The standard InChI is InChI=1S/C19H25N3O4/c1-26-12-6-11-20-16(23)13-22-17(24)19(21-18(22)25)10-5-4-8-14-7-2-3-9-15(14)19/h2-3,7,9H,4-6,8,10-13H2,1H3,(H,20,23)(H,21,25). The predicted molar refractivity (Wildman–Crippen MR) is 95.4 cm³/mol. The van der Waals surface area contributed by atoms with Crippen LogP contribution >= 0.6 is 0 Å². The number of nitrogens with zero attached hydrogens (tertiary/aromatic N) is 1. The Hall–Kier alpha value is -2.41. The van der Waals surface area contributed by atoms with E-state index in [0.717, 1.165) is 35.3 Å². The second kappa shape index (κ2) is 7.86. The van der Waals surface area contributed by atoms with Gasteiger partial charge in [-0.3, -0.25) is 14.5 Å². The van der Waals surface area contributed by atoms with Gasteiger partial charge < -0.3 is 15.4 Å². The van der Waals surface area contributed by atoms with Gasteiger partial charge in [0.1, 0.15) is 12.1 Å². The molecule has 0 aromatic heterocycles. The lowest BCUT2D eigenvalue weighted by molar-refractivity contribution is -0.135. The molecule has 1 spiro atoms. The molecule has 1 aliphatic heterocycles. The molecule has 0 saturated carbocycles. The Bertz CT molecular complexity index is 706. The summed E-state index contributed by atoms with van der Waals surface area (Å²) < 4.78 is 4.93. The van der Waals surface area contributed by atoms with Gasteiger partial charge in [-0.05, 0) is 43.2 Å². The molecular formula is C19H25N3O4. The van der Waals surface area contributed by atoms with Crippen LogP contribution in [0.5, 0.6) is 0 Å². The number of imide groups is 1. The third kappa shape index (κ3) is 3.44. The van der Waals surface area contributed by atoms with Crippen molar-refractivity contribution in [2.45, 2.75) is 37.6 Å². The lowest BCUT2D eigenvalue weighted by Crippen LogP contribution is -2.45. The minimum absolute atomic E-state index is 0.262. The molecule has 0 bridgehead atoms. The maximum Gasteiger partial charge on any atom is 0.325 e. The highest BCUT2D eigenvalue weighted by Gasteiger charge is 2.53. The first-order chi connectivity index (χ1) is 12.6. The quantitative estimate of drug-likeness (QED) is 0.592. The number of methoxy groups -OCH3 is 1. The molecule has 1 aromatic rings. The zero-order chi connectivity index (χ0) is 18.6. The summed E-state index contributed by atoms with van der Waals surface area (Å²) in [5, 5.41) is 5.60. The maximum absolute atomic E-state index is 13.2. The van der Waals surface area contributed by atoms with E-state index in [0.29, 0.717) is 26.0 Å². The molecule has 1 saturated heterocycles. The number of aryl methyl sites for hydroxylation is 1. The Morgan fingerprint density at radius 2 is 2.12 bits per heavy atom. The fourth-order valence-corrected chi connectivity index (χ4v) is 3.76. The van der Waals surface area contributed by atoms with Gasteiger partial charge in [0, 0.05) is 20.3 Å². The number of fused-ring (bicyclic) bond motifs is 2. The first-order valence-corrected chi connectivity index (χ1v) is 9.06. The predicted octanol–water partition coefficient (Wildman–Crippen LogP) is 1.31. The minimum Gasteiger partial charge on any atom is -0.385 e. The van der Waals surface area contributed by atoms with E-state index in [2.05, 4.69) is 10.6 Å². The first-order valence-electron chi connectivity index (χ1n) is 9.06. The van der Waals surface area contributed by atoms with Crippen molar-refractivity contribution in [2.75, 3.05) is 26.8 Å². The normalized spacial score (nSPS) is 22.1. The first kappa shape index (κ1) is 18.4. The van der Waals surface area contributed by atoms with E-state index in [1.807, 2.05) is 24.3 Å². The highest BCUT2D eigenvalue weighted by Crippen LogP contribution is 2.38. The van der Waals surface area contributed by atoms with E-state index in [-0.39, 0.29) is 18.4 Å². The molecule has 7 nitrogen and oxygen atoms in total. The van der Waals surface area contributed by atoms with Gasteiger partial charge in [0.2, 0.25) is 5.91 Å². The Labute approximate surface area is 153 Å². The van der Waals surface area contributed by atoms with Crippen LogP contribution in [0.1, 0.15) is 36.8 Å². The van der Waals surface area contributed by atoms with Crippen LogP contribution < -0.4 is 10.6 Å². The summed E-state index contributed by atoms with van der Waals surface area (Å²) in [5.74, 6) is -0.674. The SMILES string of the molecule is COCCCNC(=O)CN1C(=O)NC2(CCCCc3ccccc32)C1=O. The van der Waals surface area contributed by atoms with E-state index in [1.54, 1.807) is 7.11 Å². The van der Waals surface area contributed by atoms with E-state index >= 15 is 0 Å². The van der Waals surface area contributed by atoms with Gasteiger partial charge in [0.05, 0.1) is 0 Å². The van der Waals surface area contributed by atoms with Crippen molar-refractivity contribution in [1.29, 1.82) is 0 Å². The summed E-state index contributed by atoms with van der Waals surface area (Å²) in [6.45, 7) is 0.731. The molecular weight excluding hydrogens is 334 g/mol. The fraction of sp³-hybridized carbons (Fsp3) is 0.526. The second-order valence-corrected chi connectivity index (χ2v) is 6.79. The van der Waals surface area contributed by atoms with E-state index in [4.69, 9.17) is 4.74 Å². The molecule has 4 amide bonds. The van der Waals surface area contributed by atoms with Gasteiger partial charge in [-0.1, -0.05) is 24.3 Å². The van der Waals surface area contributed by atoms with E-state index < -0.39 is 11.6 Å². The Morgan fingerprint density at radius 1 is 1.31 bits per heavy atom. The summed E-state index contributed by atoms with van der Waals surface area (Å²) in [5.41, 5.74) is 0.906. The van der Waals surface area contributed by atoms with Crippen molar-refractivity contribution in [1.82, 2.24) is 15.5 Å². The van der Waals surface area contributed by atoms with Crippen molar-refractivity contribution in [3.05, 3.63) is 35.4 Å². The molecule has 26 heavy (non-hydrogen) atoms. The molecule has 2 aliphatic rings. The summed E-state index contributed by atoms with van der Waals surface area (Å²) in [7, 11) is 1.60. The van der Waals surface area contributed by atoms with Crippen LogP contribution in [0.2, 0.25) is 0 Å². The van der Waals surface area contributed by atoms with Gasteiger partial charge >= 0.3 is 6.03 Å². The molecule has 1 atom stereocenters. The van der Waals surface area contributed by atoms with E-state index in [1.165, 1.54) is 0 Å². The van der Waals surface area contributed by atoms with Crippen LogP contribution in [0.3, 0.4) is 0 Å². The van der Waals surface area contributed by atoms with Crippen LogP contribution in [0.15, 0.2) is 24.3 Å². The number of benzene rings is 1. The molecule has 140 valence electrons. The Morgan fingerprint density at radius 3 is 2.92 bits per heavy atom. The highest BCUT2D eigenvalue weighted by atomic mass is 16.5. The van der Waals surface area contributed by atoms with Crippen molar-refractivity contribution >= 4 is 17.8 Å². The zero-order valence-corrected chi connectivity index (χ0v) is 15.0. The number of rotatable bonds is 6. The Balaban J connectivity index is 1.76. The number of nitrogens with one attached hydrogen (secondary N) is 2. The molecule has 0 radical (unpaired) electrons. The van der Waals surface area contributed by atoms with Crippen molar-refractivity contribution in [3.63, 3.8) is 0 Å². The lowest BCUT2D eigenvalue weighted by Gasteiger charge is -2.27. The number of hydrogen-bond donors (Lipinski definition) is 2. The zero-order valence-electron chi connectivity index (χ0n) is 15.0.